The molecule has 2 atom stereocenters. The third-order valence-corrected chi connectivity index (χ3v) is 4.23. The van der Waals surface area contributed by atoms with Crippen molar-refractivity contribution in [2.24, 2.45) is 5.92 Å². The van der Waals surface area contributed by atoms with Crippen LogP contribution in [0.3, 0.4) is 0 Å². The number of nitrogens with zero attached hydrogens (tertiary/aromatic N) is 2. The predicted octanol–water partition coefficient (Wildman–Crippen LogP) is 0.818. The first-order valence-electron chi connectivity index (χ1n) is 7.45. The van der Waals surface area contributed by atoms with Crippen LogP contribution in [0.1, 0.15) is 31.2 Å². The summed E-state index contributed by atoms with van der Waals surface area (Å²) in [7, 11) is 0. The quantitative estimate of drug-likeness (QED) is 0.879. The molecule has 0 aliphatic carbocycles. The summed E-state index contributed by atoms with van der Waals surface area (Å²) in [5, 5.41) is 0. The minimum Gasteiger partial charge on any atom is -0.330 e. The lowest BCUT2D eigenvalue weighted by Crippen LogP contribution is -3.12. The number of hydrogen-bond donors (Lipinski definition) is 1. The van der Waals surface area contributed by atoms with Crippen LogP contribution in [0.2, 0.25) is 0 Å². The van der Waals surface area contributed by atoms with Gasteiger partial charge in [0.25, 0.3) is 5.56 Å². The second-order valence-electron chi connectivity index (χ2n) is 6.07. The molecule has 0 radical (unpaired) electrons. The molecule has 0 saturated carbocycles. The highest BCUT2D eigenvalue weighted by atomic mass is 16.1. The van der Waals surface area contributed by atoms with E-state index in [2.05, 4.69) is 11.9 Å². The largest absolute Gasteiger partial charge is 0.330 e. The third kappa shape index (κ3) is 2.61. The monoisotopic (exact) mass is 272 g/mol. The minimum atomic E-state index is 0.0348. The second kappa shape index (κ2) is 5.37. The summed E-state index contributed by atoms with van der Waals surface area (Å²) in [4.78, 5) is 18.4. The molecular formula is C16H22N3O+. The van der Waals surface area contributed by atoms with E-state index in [1.165, 1.54) is 25.9 Å². The summed E-state index contributed by atoms with van der Waals surface area (Å²) in [6.07, 6.45) is 2.61. The Balaban J connectivity index is 1.91. The number of piperidine rings is 1. The fourth-order valence-corrected chi connectivity index (χ4v) is 3.27. The molecule has 1 saturated heterocycles. The standard InChI is InChI=1S/C16H21N3O/c1-12-5-4-8-18(10-12)11-14-9-16(20)19-13(2)6-3-7-15(19)17-14/h3,6-7,9,12H,4-5,8,10-11H2,1-2H3/p+1/t12-/m0/s1. The zero-order valence-corrected chi connectivity index (χ0v) is 12.2. The Morgan fingerprint density at radius 3 is 3.10 bits per heavy atom. The summed E-state index contributed by atoms with van der Waals surface area (Å²) in [5.74, 6) is 0.780. The van der Waals surface area contributed by atoms with Crippen LogP contribution in [-0.4, -0.2) is 22.5 Å². The molecule has 0 bridgehead atoms. The highest BCUT2D eigenvalue weighted by molar-refractivity contribution is 5.40. The summed E-state index contributed by atoms with van der Waals surface area (Å²) in [5.41, 5.74) is 2.65. The van der Waals surface area contributed by atoms with Gasteiger partial charge in [-0.3, -0.25) is 9.20 Å². The lowest BCUT2D eigenvalue weighted by Gasteiger charge is -2.27. The number of fused-ring (bicyclic) bond motifs is 1. The van der Waals surface area contributed by atoms with Gasteiger partial charge in [-0.2, -0.15) is 0 Å². The Morgan fingerprint density at radius 2 is 2.30 bits per heavy atom. The average molecular weight is 272 g/mol. The van der Waals surface area contributed by atoms with Gasteiger partial charge in [0.05, 0.1) is 13.1 Å². The number of aryl methyl sites for hydroxylation is 1. The third-order valence-electron chi connectivity index (χ3n) is 4.23. The van der Waals surface area contributed by atoms with Crippen molar-refractivity contribution in [3.8, 4) is 0 Å². The molecule has 4 heteroatoms. The van der Waals surface area contributed by atoms with Gasteiger partial charge in [0, 0.05) is 17.7 Å². The van der Waals surface area contributed by atoms with E-state index in [-0.39, 0.29) is 5.56 Å². The molecule has 0 aromatic carbocycles. The van der Waals surface area contributed by atoms with Gasteiger partial charge in [-0.15, -0.1) is 0 Å². The van der Waals surface area contributed by atoms with Gasteiger partial charge in [0.1, 0.15) is 17.9 Å². The first-order valence-corrected chi connectivity index (χ1v) is 7.45. The van der Waals surface area contributed by atoms with E-state index in [9.17, 15) is 4.79 Å². The van der Waals surface area contributed by atoms with E-state index in [1.807, 2.05) is 25.1 Å². The summed E-state index contributed by atoms with van der Waals surface area (Å²) in [6, 6.07) is 7.50. The Labute approximate surface area is 119 Å². The molecule has 2 aromatic rings. The van der Waals surface area contributed by atoms with Crippen LogP contribution in [0.4, 0.5) is 0 Å². The zero-order chi connectivity index (χ0) is 14.1. The van der Waals surface area contributed by atoms with Gasteiger partial charge in [0.2, 0.25) is 0 Å². The molecule has 1 aliphatic heterocycles. The van der Waals surface area contributed by atoms with Crippen molar-refractivity contribution >= 4 is 5.65 Å². The molecule has 1 aliphatic rings. The van der Waals surface area contributed by atoms with E-state index in [1.54, 1.807) is 15.4 Å². The van der Waals surface area contributed by atoms with Crippen molar-refractivity contribution in [2.75, 3.05) is 13.1 Å². The number of nitrogens with one attached hydrogen (secondary N) is 1. The Hall–Kier alpha value is -1.68. The van der Waals surface area contributed by atoms with Crippen LogP contribution in [0.5, 0.6) is 0 Å². The molecule has 1 unspecified atom stereocenters. The fourth-order valence-electron chi connectivity index (χ4n) is 3.27. The van der Waals surface area contributed by atoms with E-state index >= 15 is 0 Å². The Kier molecular flexibility index (Phi) is 3.57. The molecule has 1 N–H and O–H groups in total. The van der Waals surface area contributed by atoms with Gasteiger partial charge >= 0.3 is 0 Å². The molecule has 20 heavy (non-hydrogen) atoms. The SMILES string of the molecule is Cc1cccc2nc(C[NH+]3CCC[C@H](C)C3)cc(=O)n12. The van der Waals surface area contributed by atoms with Gasteiger partial charge < -0.3 is 4.90 Å². The lowest BCUT2D eigenvalue weighted by molar-refractivity contribution is -0.922. The highest BCUT2D eigenvalue weighted by Gasteiger charge is 2.20. The van der Waals surface area contributed by atoms with Crippen LogP contribution in [0.25, 0.3) is 5.65 Å². The number of hydrogen-bond acceptors (Lipinski definition) is 2. The second-order valence-corrected chi connectivity index (χ2v) is 6.07. The molecule has 4 nitrogen and oxygen atoms in total. The molecule has 0 spiro atoms. The molecular weight excluding hydrogens is 250 g/mol. The van der Waals surface area contributed by atoms with Gasteiger partial charge in [0.15, 0.2) is 0 Å². The topological polar surface area (TPSA) is 38.8 Å². The number of rotatable bonds is 2. The summed E-state index contributed by atoms with van der Waals surface area (Å²) < 4.78 is 1.68. The fraction of sp³-hybridized carbons (Fsp3) is 0.500. The van der Waals surface area contributed by atoms with Crippen molar-refractivity contribution in [2.45, 2.75) is 33.2 Å². The summed E-state index contributed by atoms with van der Waals surface area (Å²) >= 11 is 0. The first kappa shape index (κ1) is 13.3. The van der Waals surface area contributed by atoms with Crippen LogP contribution in [0, 0.1) is 12.8 Å². The number of quaternary nitrogens is 1. The van der Waals surface area contributed by atoms with Crippen molar-refractivity contribution < 1.29 is 4.90 Å². The van der Waals surface area contributed by atoms with Gasteiger partial charge in [-0.1, -0.05) is 13.0 Å². The number of aromatic nitrogens is 2. The molecule has 1 fully saturated rings. The maximum absolute atomic E-state index is 12.2. The molecule has 3 heterocycles. The van der Waals surface area contributed by atoms with Crippen molar-refractivity contribution in [3.05, 3.63) is 46.0 Å². The maximum atomic E-state index is 12.2. The first-order chi connectivity index (χ1) is 9.63. The predicted molar refractivity (Wildman–Crippen MR) is 79.0 cm³/mol. The number of pyridine rings is 1. The van der Waals surface area contributed by atoms with E-state index in [0.717, 1.165) is 29.5 Å². The average Bonchev–Trinajstić information content (AvgIpc) is 2.38. The normalized spacial score (nSPS) is 23.1. The minimum absolute atomic E-state index is 0.0348. The van der Waals surface area contributed by atoms with E-state index in [0.29, 0.717) is 0 Å². The zero-order valence-electron chi connectivity index (χ0n) is 12.2. The van der Waals surface area contributed by atoms with Crippen LogP contribution >= 0.6 is 0 Å². The molecule has 3 rings (SSSR count). The van der Waals surface area contributed by atoms with Crippen molar-refractivity contribution in [3.63, 3.8) is 0 Å². The number of likely N-dealkylation sites (tertiary alicyclic amines) is 1. The van der Waals surface area contributed by atoms with Gasteiger partial charge in [-0.05, 0) is 31.9 Å². The Morgan fingerprint density at radius 1 is 1.45 bits per heavy atom. The van der Waals surface area contributed by atoms with Crippen molar-refractivity contribution in [1.82, 2.24) is 9.38 Å². The molecule has 2 aromatic heterocycles. The summed E-state index contributed by atoms with van der Waals surface area (Å²) in [6.45, 7) is 7.50. The van der Waals surface area contributed by atoms with Crippen LogP contribution in [-0.2, 0) is 6.54 Å². The Bertz CT molecular complexity index is 677. The van der Waals surface area contributed by atoms with Crippen LogP contribution in [0.15, 0.2) is 29.1 Å². The molecule has 0 amide bonds. The highest BCUT2D eigenvalue weighted by Crippen LogP contribution is 2.06. The van der Waals surface area contributed by atoms with E-state index < -0.39 is 0 Å². The smallest absolute Gasteiger partial charge is 0.258 e. The van der Waals surface area contributed by atoms with Crippen molar-refractivity contribution in [1.29, 1.82) is 0 Å². The van der Waals surface area contributed by atoms with E-state index in [4.69, 9.17) is 0 Å². The molecule has 106 valence electrons. The van der Waals surface area contributed by atoms with Crippen LogP contribution < -0.4 is 10.5 Å². The van der Waals surface area contributed by atoms with Gasteiger partial charge in [-0.25, -0.2) is 4.98 Å². The maximum Gasteiger partial charge on any atom is 0.258 e. The lowest BCUT2D eigenvalue weighted by atomic mass is 10.0.